The van der Waals surface area contributed by atoms with Crippen molar-refractivity contribution in [3.05, 3.63) is 64.0 Å². The quantitative estimate of drug-likeness (QED) is 0.837. The molecule has 1 aliphatic heterocycles. The molecule has 1 aliphatic rings. The Bertz CT molecular complexity index is 904. The highest BCUT2D eigenvalue weighted by atomic mass is 16.5. The van der Waals surface area contributed by atoms with Gasteiger partial charge in [0.05, 0.1) is 0 Å². The number of ether oxygens (including phenoxy) is 1. The molecule has 0 bridgehead atoms. The molecule has 3 rings (SSSR count). The summed E-state index contributed by atoms with van der Waals surface area (Å²) in [5.74, 6) is 1.82. The minimum Gasteiger partial charge on any atom is -0.456 e. The second-order valence-corrected chi connectivity index (χ2v) is 6.13. The number of hydrogen-bond donors (Lipinski definition) is 0. The number of hydrogen-bond acceptors (Lipinski definition) is 2. The van der Waals surface area contributed by atoms with Crippen molar-refractivity contribution in [1.29, 1.82) is 0 Å². The Morgan fingerprint density at radius 3 is 2.50 bits per heavy atom. The van der Waals surface area contributed by atoms with E-state index in [1.165, 1.54) is 16.8 Å². The van der Waals surface area contributed by atoms with E-state index in [2.05, 4.69) is 69.5 Å². The van der Waals surface area contributed by atoms with E-state index in [4.69, 9.17) is 4.74 Å². The zero-order chi connectivity index (χ0) is 17.3. The fourth-order valence-electron chi connectivity index (χ4n) is 3.28. The van der Waals surface area contributed by atoms with Crippen LogP contribution < -0.4 is 20.1 Å². The molecule has 1 heterocycles. The highest BCUT2D eigenvalue weighted by molar-refractivity contribution is 5.85. The van der Waals surface area contributed by atoms with Crippen LogP contribution >= 0.6 is 0 Å². The second-order valence-electron chi connectivity index (χ2n) is 6.13. The van der Waals surface area contributed by atoms with Crippen molar-refractivity contribution < 1.29 is 4.74 Å². The van der Waals surface area contributed by atoms with Crippen LogP contribution in [0.5, 0.6) is 11.5 Å². The fourth-order valence-corrected chi connectivity index (χ4v) is 3.28. The van der Waals surface area contributed by atoms with Crippen LogP contribution in [0.1, 0.15) is 33.3 Å². The third-order valence-corrected chi connectivity index (χ3v) is 4.73. The topological polar surface area (TPSA) is 12.5 Å². The summed E-state index contributed by atoms with van der Waals surface area (Å²) in [4.78, 5) is 2.33. The highest BCUT2D eigenvalue weighted by Gasteiger charge is 2.20. The van der Waals surface area contributed by atoms with Crippen molar-refractivity contribution in [2.24, 2.45) is 0 Å². The fraction of sp³-hybridized carbons (Fsp3) is 0.273. The van der Waals surface area contributed by atoms with Gasteiger partial charge in [0.25, 0.3) is 0 Å². The molecular formula is C22H25NO. The van der Waals surface area contributed by atoms with Gasteiger partial charge in [0, 0.05) is 35.6 Å². The van der Waals surface area contributed by atoms with Crippen molar-refractivity contribution in [1.82, 2.24) is 0 Å². The smallest absolute Gasteiger partial charge is 0.137 e. The van der Waals surface area contributed by atoms with Gasteiger partial charge in [-0.3, -0.25) is 0 Å². The van der Waals surface area contributed by atoms with Crippen LogP contribution in [-0.4, -0.2) is 13.1 Å². The Morgan fingerprint density at radius 2 is 1.83 bits per heavy atom. The maximum atomic E-state index is 6.25. The predicted molar refractivity (Wildman–Crippen MR) is 103 cm³/mol. The minimum atomic E-state index is 0.892. The molecule has 24 heavy (non-hydrogen) atoms. The third-order valence-electron chi connectivity index (χ3n) is 4.73. The van der Waals surface area contributed by atoms with Crippen LogP contribution in [0.4, 0.5) is 5.69 Å². The molecule has 0 amide bonds. The number of anilines is 1. The average molecular weight is 319 g/mol. The number of fused-ring (bicyclic) bond motifs is 2. The summed E-state index contributed by atoms with van der Waals surface area (Å²) in [6, 6.07) is 12.7. The summed E-state index contributed by atoms with van der Waals surface area (Å²) in [6.07, 6.45) is 2.16. The Morgan fingerprint density at radius 1 is 1.08 bits per heavy atom. The SMILES string of the molecule is C=c1ccc2c(c1)Oc1cc(N(CC)CC)ccc1C=2/C(C)=C/C. The van der Waals surface area contributed by atoms with Gasteiger partial charge in [0.15, 0.2) is 0 Å². The van der Waals surface area contributed by atoms with Gasteiger partial charge in [-0.2, -0.15) is 0 Å². The van der Waals surface area contributed by atoms with E-state index in [0.717, 1.165) is 40.6 Å². The molecule has 0 spiro atoms. The Balaban J connectivity index is 2.27. The molecule has 124 valence electrons. The maximum Gasteiger partial charge on any atom is 0.137 e. The van der Waals surface area contributed by atoms with Gasteiger partial charge in [-0.05, 0) is 62.3 Å². The van der Waals surface area contributed by atoms with E-state index in [-0.39, 0.29) is 0 Å². The summed E-state index contributed by atoms with van der Waals surface area (Å²) < 4.78 is 6.25. The molecule has 0 unspecified atom stereocenters. The lowest BCUT2D eigenvalue weighted by Gasteiger charge is -2.26. The summed E-state index contributed by atoms with van der Waals surface area (Å²) in [6.45, 7) is 14.6. The third kappa shape index (κ3) is 2.73. The molecule has 0 saturated heterocycles. The number of nitrogens with zero attached hydrogens (tertiary/aromatic N) is 1. The predicted octanol–water partition coefficient (Wildman–Crippen LogP) is 4.21. The van der Waals surface area contributed by atoms with E-state index in [1.807, 2.05) is 12.1 Å². The zero-order valence-corrected chi connectivity index (χ0v) is 15.0. The van der Waals surface area contributed by atoms with Crippen molar-refractivity contribution in [3.63, 3.8) is 0 Å². The summed E-state index contributed by atoms with van der Waals surface area (Å²) in [5.41, 5.74) is 4.87. The first-order chi connectivity index (χ1) is 11.6. The second kappa shape index (κ2) is 6.56. The molecule has 0 atom stereocenters. The van der Waals surface area contributed by atoms with Gasteiger partial charge in [-0.25, -0.2) is 0 Å². The van der Waals surface area contributed by atoms with E-state index >= 15 is 0 Å². The molecule has 0 saturated carbocycles. The zero-order valence-electron chi connectivity index (χ0n) is 15.0. The maximum absolute atomic E-state index is 6.25. The molecule has 0 radical (unpaired) electrons. The molecule has 2 nitrogen and oxygen atoms in total. The van der Waals surface area contributed by atoms with Crippen molar-refractivity contribution in [2.45, 2.75) is 27.7 Å². The molecule has 2 heteroatoms. The van der Waals surface area contributed by atoms with Gasteiger partial charge < -0.3 is 9.64 Å². The van der Waals surface area contributed by atoms with Crippen molar-refractivity contribution >= 4 is 17.8 Å². The number of benzene rings is 2. The number of allylic oxidation sites excluding steroid dienone is 2. The molecule has 2 aromatic carbocycles. The van der Waals surface area contributed by atoms with Crippen molar-refractivity contribution in [2.75, 3.05) is 18.0 Å². The Hall–Kier alpha value is -2.48. The number of rotatable bonds is 4. The lowest BCUT2D eigenvalue weighted by Crippen LogP contribution is -2.23. The summed E-state index contributed by atoms with van der Waals surface area (Å²) in [7, 11) is 0. The van der Waals surface area contributed by atoms with Crippen LogP contribution in [0.15, 0.2) is 48.0 Å². The lowest BCUT2D eigenvalue weighted by atomic mass is 9.93. The Labute approximate surface area is 144 Å². The first-order valence-corrected chi connectivity index (χ1v) is 8.62. The van der Waals surface area contributed by atoms with Crippen LogP contribution in [0.2, 0.25) is 0 Å². The van der Waals surface area contributed by atoms with Gasteiger partial charge >= 0.3 is 0 Å². The summed E-state index contributed by atoms with van der Waals surface area (Å²) in [5, 5.41) is 2.11. The molecule has 2 aromatic rings. The van der Waals surface area contributed by atoms with E-state index in [0.29, 0.717) is 0 Å². The van der Waals surface area contributed by atoms with Crippen LogP contribution in [-0.2, 0) is 0 Å². The first kappa shape index (κ1) is 16.4. The van der Waals surface area contributed by atoms with Gasteiger partial charge in [-0.1, -0.05) is 24.8 Å². The minimum absolute atomic E-state index is 0.892. The lowest BCUT2D eigenvalue weighted by molar-refractivity contribution is 0.471. The van der Waals surface area contributed by atoms with Crippen LogP contribution in [0.3, 0.4) is 0 Å². The van der Waals surface area contributed by atoms with Gasteiger partial charge in [0.1, 0.15) is 11.5 Å². The van der Waals surface area contributed by atoms with E-state index in [1.54, 1.807) is 0 Å². The first-order valence-electron chi connectivity index (χ1n) is 8.62. The highest BCUT2D eigenvalue weighted by Crippen LogP contribution is 2.38. The van der Waals surface area contributed by atoms with Crippen LogP contribution in [0, 0.1) is 0 Å². The van der Waals surface area contributed by atoms with Gasteiger partial charge in [-0.15, -0.1) is 0 Å². The van der Waals surface area contributed by atoms with Gasteiger partial charge in [0.2, 0.25) is 0 Å². The van der Waals surface area contributed by atoms with Crippen molar-refractivity contribution in [3.8, 4) is 11.5 Å². The molecular weight excluding hydrogens is 294 g/mol. The Kier molecular flexibility index (Phi) is 4.48. The normalized spacial score (nSPS) is 13.2. The molecule has 0 aromatic heterocycles. The molecule has 0 N–H and O–H groups in total. The molecule has 0 aliphatic carbocycles. The largest absolute Gasteiger partial charge is 0.456 e. The van der Waals surface area contributed by atoms with E-state index in [9.17, 15) is 0 Å². The average Bonchev–Trinajstić information content (AvgIpc) is 2.59. The van der Waals surface area contributed by atoms with Crippen LogP contribution in [0.25, 0.3) is 12.2 Å². The molecule has 0 fully saturated rings. The monoisotopic (exact) mass is 319 g/mol. The standard InChI is InChI=1S/C22H25NO/c1-6-16(5)22-18-11-9-15(4)13-20(18)24-21-14-17(10-12-19(21)22)23(7-2)8-3/h6,9-14H,4,7-8H2,1-3,5H3/b16-6+. The summed E-state index contributed by atoms with van der Waals surface area (Å²) >= 11 is 0. The van der Waals surface area contributed by atoms with E-state index < -0.39 is 0 Å².